The molecule has 0 unspecified atom stereocenters. The van der Waals surface area contributed by atoms with E-state index < -0.39 is 0 Å². The Morgan fingerprint density at radius 2 is 0.507 bits per heavy atom. The van der Waals surface area contributed by atoms with Crippen molar-refractivity contribution in [1.82, 2.24) is 0 Å². The molecule has 0 saturated carbocycles. The first kappa shape index (κ1) is 41.4. The molecule has 12 aromatic rings. The van der Waals surface area contributed by atoms with Gasteiger partial charge in [0, 0.05) is 17.1 Å². The Hall–Kier alpha value is -9.04. The van der Waals surface area contributed by atoms with Gasteiger partial charge in [-0.3, -0.25) is 0 Å². The number of hydrogen-bond acceptors (Lipinski definition) is 1. The van der Waals surface area contributed by atoms with Crippen LogP contribution in [0.3, 0.4) is 0 Å². The molecule has 12 aromatic carbocycles. The van der Waals surface area contributed by atoms with Crippen molar-refractivity contribution in [2.75, 3.05) is 4.90 Å². The van der Waals surface area contributed by atoms with Crippen LogP contribution in [0.2, 0.25) is 0 Å². The van der Waals surface area contributed by atoms with Gasteiger partial charge in [-0.2, -0.15) is 0 Å². The molecule has 0 aliphatic rings. The molecule has 0 spiro atoms. The van der Waals surface area contributed by atoms with Gasteiger partial charge in [0.1, 0.15) is 0 Å². The second-order valence-electron chi connectivity index (χ2n) is 17.6. The first-order valence-corrected chi connectivity index (χ1v) is 23.7. The maximum absolute atomic E-state index is 2.41. The number of fused-ring (bicyclic) bond motifs is 3. The predicted molar refractivity (Wildman–Crippen MR) is 294 cm³/mol. The predicted octanol–water partition coefficient (Wildman–Crippen LogP) is 19.1. The Morgan fingerprint density at radius 3 is 1.03 bits per heavy atom. The monoisotopic (exact) mass is 877 g/mol. The van der Waals surface area contributed by atoms with Crippen LogP contribution in [0.4, 0.5) is 17.1 Å². The Bertz CT molecular complexity index is 3700. The Balaban J connectivity index is 1.02. The van der Waals surface area contributed by atoms with E-state index in [1.54, 1.807) is 0 Å². The second-order valence-corrected chi connectivity index (χ2v) is 17.6. The third-order valence-electron chi connectivity index (χ3n) is 13.5. The maximum Gasteiger partial charge on any atom is 0.0468 e. The van der Waals surface area contributed by atoms with E-state index in [-0.39, 0.29) is 0 Å². The molecular formula is C68H47N. The standard InChI is InChI=1S/C68H47N/c1-6-18-48(19-7-1)50-30-32-51(33-31-50)52-34-39-58(40-35-52)69(59-41-36-54(37-42-59)61-44-38-57(49-20-8-2-9-21-49)46-65(61)53-22-10-3-11-23-53)60-43-45-63-62-28-16-17-29-64(62)67(55-24-12-4-13-25-55)68(66(63)47-60)56-26-14-5-15-27-56/h1-47H. The summed E-state index contributed by atoms with van der Waals surface area (Å²) < 4.78 is 0. The number of hydrogen-bond donors (Lipinski definition) is 0. The maximum atomic E-state index is 2.41. The van der Waals surface area contributed by atoms with E-state index in [1.807, 2.05) is 0 Å². The van der Waals surface area contributed by atoms with Crippen LogP contribution in [-0.4, -0.2) is 0 Å². The van der Waals surface area contributed by atoms with Gasteiger partial charge in [-0.05, 0) is 142 Å². The summed E-state index contributed by atoms with van der Waals surface area (Å²) in [5.74, 6) is 0. The van der Waals surface area contributed by atoms with Crippen molar-refractivity contribution >= 4 is 38.6 Å². The van der Waals surface area contributed by atoms with E-state index in [0.717, 1.165) is 22.6 Å². The van der Waals surface area contributed by atoms with Gasteiger partial charge in [-0.25, -0.2) is 0 Å². The number of nitrogens with zero attached hydrogens (tertiary/aromatic N) is 1. The van der Waals surface area contributed by atoms with Gasteiger partial charge in [-0.1, -0.05) is 243 Å². The molecular weight excluding hydrogens is 831 g/mol. The van der Waals surface area contributed by atoms with Crippen molar-refractivity contribution in [3.05, 3.63) is 285 Å². The molecule has 0 amide bonds. The van der Waals surface area contributed by atoms with Gasteiger partial charge in [0.15, 0.2) is 0 Å². The van der Waals surface area contributed by atoms with Crippen molar-refractivity contribution < 1.29 is 0 Å². The second kappa shape index (κ2) is 18.3. The zero-order chi connectivity index (χ0) is 45.9. The van der Waals surface area contributed by atoms with E-state index in [9.17, 15) is 0 Å². The lowest BCUT2D eigenvalue weighted by molar-refractivity contribution is 1.29. The van der Waals surface area contributed by atoms with Crippen molar-refractivity contribution in [1.29, 1.82) is 0 Å². The molecule has 0 aromatic heterocycles. The topological polar surface area (TPSA) is 3.24 Å². The minimum atomic E-state index is 1.07. The average Bonchev–Trinajstić information content (AvgIpc) is 3.44. The molecule has 0 heterocycles. The normalized spacial score (nSPS) is 11.2. The van der Waals surface area contributed by atoms with Crippen molar-refractivity contribution in [2.45, 2.75) is 0 Å². The van der Waals surface area contributed by atoms with E-state index >= 15 is 0 Å². The minimum absolute atomic E-state index is 1.07. The molecule has 324 valence electrons. The summed E-state index contributed by atoms with van der Waals surface area (Å²) in [7, 11) is 0. The average molecular weight is 878 g/mol. The van der Waals surface area contributed by atoms with Crippen LogP contribution in [0.5, 0.6) is 0 Å². The molecule has 0 aliphatic carbocycles. The summed E-state index contributed by atoms with van der Waals surface area (Å²) in [6.45, 7) is 0. The highest BCUT2D eigenvalue weighted by molar-refractivity contribution is 6.22. The molecule has 0 fully saturated rings. The SMILES string of the molecule is c1ccc(-c2ccc(-c3ccc(N(c4ccc(-c5ccc(-c6ccccc6)cc5-c5ccccc5)cc4)c4ccc5c(c4)c(-c4ccccc4)c(-c4ccccc4)c4ccccc45)cc3)cc2)cc1. The fraction of sp³-hybridized carbons (Fsp3) is 0. The summed E-state index contributed by atoms with van der Waals surface area (Å²) in [5, 5.41) is 4.92. The lowest BCUT2D eigenvalue weighted by Crippen LogP contribution is -2.10. The minimum Gasteiger partial charge on any atom is -0.310 e. The molecule has 0 N–H and O–H groups in total. The van der Waals surface area contributed by atoms with Gasteiger partial charge in [0.25, 0.3) is 0 Å². The molecule has 1 nitrogen and oxygen atoms in total. The van der Waals surface area contributed by atoms with E-state index in [0.29, 0.717) is 0 Å². The number of rotatable bonds is 10. The van der Waals surface area contributed by atoms with Gasteiger partial charge in [0.05, 0.1) is 0 Å². The Labute approximate surface area is 404 Å². The van der Waals surface area contributed by atoms with Crippen LogP contribution in [0, 0.1) is 0 Å². The molecule has 12 rings (SSSR count). The largest absolute Gasteiger partial charge is 0.310 e. The van der Waals surface area contributed by atoms with E-state index in [2.05, 4.69) is 290 Å². The Morgan fingerprint density at radius 1 is 0.174 bits per heavy atom. The summed E-state index contributed by atoms with van der Waals surface area (Å²) in [6, 6.07) is 104. The molecule has 0 aliphatic heterocycles. The van der Waals surface area contributed by atoms with Crippen molar-refractivity contribution in [3.63, 3.8) is 0 Å². The van der Waals surface area contributed by atoms with Crippen molar-refractivity contribution in [3.8, 4) is 77.9 Å². The van der Waals surface area contributed by atoms with Crippen LogP contribution >= 0.6 is 0 Å². The van der Waals surface area contributed by atoms with Crippen LogP contribution in [0.15, 0.2) is 285 Å². The lowest BCUT2D eigenvalue weighted by atomic mass is 9.85. The number of benzene rings is 12. The highest BCUT2D eigenvalue weighted by Crippen LogP contribution is 2.47. The highest BCUT2D eigenvalue weighted by Gasteiger charge is 2.21. The van der Waals surface area contributed by atoms with Gasteiger partial charge >= 0.3 is 0 Å². The quantitative estimate of drug-likeness (QED) is 0.124. The van der Waals surface area contributed by atoms with E-state index in [1.165, 1.54) is 93.9 Å². The smallest absolute Gasteiger partial charge is 0.0468 e. The summed E-state index contributed by atoms with van der Waals surface area (Å²) >= 11 is 0. The highest BCUT2D eigenvalue weighted by atomic mass is 15.1. The van der Waals surface area contributed by atoms with Crippen LogP contribution in [0.1, 0.15) is 0 Å². The van der Waals surface area contributed by atoms with Crippen molar-refractivity contribution in [2.24, 2.45) is 0 Å². The van der Waals surface area contributed by atoms with E-state index in [4.69, 9.17) is 0 Å². The molecule has 0 atom stereocenters. The molecule has 69 heavy (non-hydrogen) atoms. The Kier molecular flexibility index (Phi) is 11.0. The summed E-state index contributed by atoms with van der Waals surface area (Å²) in [4.78, 5) is 2.41. The van der Waals surface area contributed by atoms with Gasteiger partial charge in [0.2, 0.25) is 0 Å². The fourth-order valence-corrected chi connectivity index (χ4v) is 10.1. The zero-order valence-electron chi connectivity index (χ0n) is 38.1. The summed E-state index contributed by atoms with van der Waals surface area (Å²) in [6.07, 6.45) is 0. The number of anilines is 3. The van der Waals surface area contributed by atoms with Crippen LogP contribution < -0.4 is 4.90 Å². The van der Waals surface area contributed by atoms with Gasteiger partial charge in [-0.15, -0.1) is 0 Å². The third-order valence-corrected chi connectivity index (χ3v) is 13.5. The molecule has 1 heteroatoms. The van der Waals surface area contributed by atoms with Gasteiger partial charge < -0.3 is 4.90 Å². The lowest BCUT2D eigenvalue weighted by Gasteiger charge is -2.27. The molecule has 0 bridgehead atoms. The van der Waals surface area contributed by atoms with Crippen LogP contribution in [-0.2, 0) is 0 Å². The molecule has 0 radical (unpaired) electrons. The molecule has 0 saturated heterocycles. The third kappa shape index (κ3) is 8.07. The summed E-state index contributed by atoms with van der Waals surface area (Å²) in [5.41, 5.74) is 20.0. The first-order valence-electron chi connectivity index (χ1n) is 23.7. The first-order chi connectivity index (χ1) is 34.2. The zero-order valence-corrected chi connectivity index (χ0v) is 38.1. The van der Waals surface area contributed by atoms with Crippen LogP contribution in [0.25, 0.3) is 99.4 Å². The fourth-order valence-electron chi connectivity index (χ4n) is 10.1.